The molecule has 0 amide bonds. The number of hydrogen-bond acceptors (Lipinski definition) is 4. The maximum atomic E-state index is 5.25. The van der Waals surface area contributed by atoms with Crippen LogP contribution in [0.4, 0.5) is 0 Å². The van der Waals surface area contributed by atoms with Crippen LogP contribution in [0.15, 0.2) is 26.3 Å². The van der Waals surface area contributed by atoms with Crippen LogP contribution in [0.3, 0.4) is 0 Å². The maximum absolute atomic E-state index is 5.25. The Morgan fingerprint density at radius 3 is 3.00 bits per heavy atom. The van der Waals surface area contributed by atoms with Gasteiger partial charge in [0.2, 0.25) is 4.77 Å². The Kier molecular flexibility index (Phi) is 2.83. The molecule has 0 unspecified atom stereocenters. The van der Waals surface area contributed by atoms with Crippen LogP contribution >= 0.6 is 28.1 Å². The molecule has 7 heteroatoms. The highest BCUT2D eigenvalue weighted by Crippen LogP contribution is 2.12. The predicted molar refractivity (Wildman–Crippen MR) is 61.5 cm³/mol. The fraction of sp³-hybridized carbons (Fsp3) is 0.125. The van der Waals surface area contributed by atoms with Crippen molar-refractivity contribution in [3.63, 3.8) is 0 Å². The Bertz CT molecular complexity index is 553. The molecule has 0 radical (unpaired) electrons. The van der Waals surface area contributed by atoms with Gasteiger partial charge in [-0.2, -0.15) is 14.9 Å². The third-order valence-electron chi connectivity index (χ3n) is 1.71. The molecule has 5 nitrogen and oxygen atoms in total. The Labute approximate surface area is 98.9 Å². The molecule has 0 saturated carbocycles. The van der Waals surface area contributed by atoms with E-state index in [0.29, 0.717) is 21.0 Å². The number of furan rings is 1. The average Bonchev–Trinajstić information content (AvgIpc) is 2.73. The SMILES string of the molecule is Cc1n[nH]c(=S)n1/N=C/c1ccc(Br)o1. The summed E-state index contributed by atoms with van der Waals surface area (Å²) in [5, 5.41) is 10.7. The Morgan fingerprint density at radius 1 is 1.67 bits per heavy atom. The van der Waals surface area contributed by atoms with Gasteiger partial charge in [0.05, 0.1) is 6.21 Å². The molecule has 0 aliphatic carbocycles. The first-order valence-electron chi connectivity index (χ1n) is 4.10. The van der Waals surface area contributed by atoms with Crippen molar-refractivity contribution in [3.05, 3.63) is 33.2 Å². The third-order valence-corrected chi connectivity index (χ3v) is 2.40. The molecule has 0 atom stereocenters. The molecule has 2 aromatic heterocycles. The number of hydrogen-bond donors (Lipinski definition) is 1. The first-order chi connectivity index (χ1) is 7.16. The van der Waals surface area contributed by atoms with Gasteiger partial charge in [0.1, 0.15) is 11.6 Å². The highest BCUT2D eigenvalue weighted by Gasteiger charge is 1.98. The second-order valence-corrected chi connectivity index (χ2v) is 3.94. The van der Waals surface area contributed by atoms with Crippen molar-refractivity contribution in [1.82, 2.24) is 14.9 Å². The van der Waals surface area contributed by atoms with Crippen molar-refractivity contribution in [1.29, 1.82) is 0 Å². The van der Waals surface area contributed by atoms with Crippen LogP contribution in [-0.2, 0) is 0 Å². The second-order valence-electron chi connectivity index (χ2n) is 2.77. The molecule has 78 valence electrons. The van der Waals surface area contributed by atoms with Crippen LogP contribution in [0.25, 0.3) is 0 Å². The van der Waals surface area contributed by atoms with Crippen molar-refractivity contribution in [2.45, 2.75) is 6.92 Å². The highest BCUT2D eigenvalue weighted by molar-refractivity contribution is 9.10. The largest absolute Gasteiger partial charge is 0.448 e. The van der Waals surface area contributed by atoms with E-state index in [4.69, 9.17) is 16.6 Å². The molecule has 0 bridgehead atoms. The molecule has 2 aromatic rings. The molecular weight excluding hydrogens is 280 g/mol. The smallest absolute Gasteiger partial charge is 0.216 e. The Hall–Kier alpha value is -1.21. The van der Waals surface area contributed by atoms with Crippen LogP contribution in [-0.4, -0.2) is 21.1 Å². The summed E-state index contributed by atoms with van der Waals surface area (Å²) in [6, 6.07) is 3.59. The molecule has 0 aromatic carbocycles. The summed E-state index contributed by atoms with van der Waals surface area (Å²) >= 11 is 8.19. The number of aryl methyl sites for hydroxylation is 1. The van der Waals surface area contributed by atoms with E-state index in [1.807, 2.05) is 6.92 Å². The van der Waals surface area contributed by atoms with Gasteiger partial charge in [0.25, 0.3) is 0 Å². The average molecular weight is 287 g/mol. The summed E-state index contributed by atoms with van der Waals surface area (Å²) in [6.45, 7) is 1.81. The lowest BCUT2D eigenvalue weighted by Crippen LogP contribution is -1.92. The quantitative estimate of drug-likeness (QED) is 0.682. The number of aromatic nitrogens is 3. The minimum Gasteiger partial charge on any atom is -0.448 e. The van der Waals surface area contributed by atoms with E-state index < -0.39 is 0 Å². The summed E-state index contributed by atoms with van der Waals surface area (Å²) < 4.78 is 7.89. The van der Waals surface area contributed by atoms with Gasteiger partial charge in [-0.1, -0.05) is 0 Å². The van der Waals surface area contributed by atoms with E-state index in [1.165, 1.54) is 4.68 Å². The first kappa shape index (κ1) is 10.3. The van der Waals surface area contributed by atoms with E-state index >= 15 is 0 Å². The van der Waals surface area contributed by atoms with E-state index in [2.05, 4.69) is 31.2 Å². The van der Waals surface area contributed by atoms with Crippen LogP contribution in [0.5, 0.6) is 0 Å². The number of nitrogens with one attached hydrogen (secondary N) is 1. The lowest BCUT2D eigenvalue weighted by atomic mass is 10.5. The van der Waals surface area contributed by atoms with Crippen LogP contribution in [0.1, 0.15) is 11.6 Å². The Balaban J connectivity index is 2.29. The van der Waals surface area contributed by atoms with Crippen LogP contribution in [0.2, 0.25) is 0 Å². The van der Waals surface area contributed by atoms with Crippen molar-refractivity contribution in [2.24, 2.45) is 5.10 Å². The molecule has 1 N–H and O–H groups in total. The predicted octanol–water partition coefficient (Wildman–Crippen LogP) is 2.49. The highest BCUT2D eigenvalue weighted by atomic mass is 79.9. The first-order valence-corrected chi connectivity index (χ1v) is 5.30. The standard InChI is InChI=1S/C8H7BrN4OS/c1-5-11-12-8(15)13(5)10-4-6-2-3-7(9)14-6/h2-4H,1H3,(H,12,15)/b10-4+. The Morgan fingerprint density at radius 2 is 2.47 bits per heavy atom. The minimum absolute atomic E-state index is 0.453. The molecule has 0 fully saturated rings. The lowest BCUT2D eigenvalue weighted by Gasteiger charge is -1.91. The summed E-state index contributed by atoms with van der Waals surface area (Å²) in [5.41, 5.74) is 0. The molecule has 2 heterocycles. The van der Waals surface area contributed by atoms with Crippen LogP contribution < -0.4 is 0 Å². The zero-order valence-electron chi connectivity index (χ0n) is 7.77. The summed E-state index contributed by atoms with van der Waals surface area (Å²) in [4.78, 5) is 0. The van der Waals surface area contributed by atoms with Crippen molar-refractivity contribution in [2.75, 3.05) is 0 Å². The van der Waals surface area contributed by atoms with Gasteiger partial charge >= 0.3 is 0 Å². The van der Waals surface area contributed by atoms with E-state index in [0.717, 1.165) is 0 Å². The van der Waals surface area contributed by atoms with Gasteiger partial charge in [0, 0.05) is 0 Å². The number of rotatable bonds is 2. The van der Waals surface area contributed by atoms with E-state index in [9.17, 15) is 0 Å². The minimum atomic E-state index is 0.453. The maximum Gasteiger partial charge on any atom is 0.216 e. The van der Waals surface area contributed by atoms with Gasteiger partial charge in [-0.15, -0.1) is 0 Å². The third kappa shape index (κ3) is 2.24. The number of H-pyrrole nitrogens is 1. The summed E-state index contributed by atoms with van der Waals surface area (Å²) in [7, 11) is 0. The fourth-order valence-electron chi connectivity index (χ4n) is 1.02. The van der Waals surface area contributed by atoms with Crippen molar-refractivity contribution < 1.29 is 4.42 Å². The van der Waals surface area contributed by atoms with E-state index in [1.54, 1.807) is 18.3 Å². The molecule has 0 saturated heterocycles. The normalized spacial score (nSPS) is 11.3. The molecule has 0 spiro atoms. The fourth-order valence-corrected chi connectivity index (χ4v) is 1.56. The molecule has 0 aliphatic heterocycles. The van der Waals surface area contributed by atoms with Gasteiger partial charge in [-0.05, 0) is 47.2 Å². The summed E-state index contributed by atoms with van der Waals surface area (Å²) in [6.07, 6.45) is 1.57. The number of nitrogens with zero attached hydrogens (tertiary/aromatic N) is 3. The van der Waals surface area contributed by atoms with E-state index in [-0.39, 0.29) is 0 Å². The second kappa shape index (κ2) is 4.11. The van der Waals surface area contributed by atoms with Crippen molar-refractivity contribution in [3.8, 4) is 0 Å². The molecular formula is C8H7BrN4OS. The lowest BCUT2D eigenvalue weighted by molar-refractivity contribution is 0.534. The zero-order valence-corrected chi connectivity index (χ0v) is 10.2. The topological polar surface area (TPSA) is 59.1 Å². The van der Waals surface area contributed by atoms with Gasteiger partial charge in [0.15, 0.2) is 4.67 Å². The summed E-state index contributed by atoms with van der Waals surface area (Å²) in [5.74, 6) is 1.34. The molecule has 0 aliphatic rings. The van der Waals surface area contributed by atoms with Gasteiger partial charge in [-0.3, -0.25) is 5.10 Å². The number of aromatic amines is 1. The van der Waals surface area contributed by atoms with Gasteiger partial charge < -0.3 is 4.42 Å². The molecule has 15 heavy (non-hydrogen) atoms. The zero-order chi connectivity index (χ0) is 10.8. The van der Waals surface area contributed by atoms with Crippen LogP contribution in [0, 0.1) is 11.7 Å². The van der Waals surface area contributed by atoms with Crippen molar-refractivity contribution >= 4 is 34.4 Å². The molecule has 2 rings (SSSR count). The number of halogens is 1. The van der Waals surface area contributed by atoms with Gasteiger partial charge in [-0.25, -0.2) is 0 Å². The monoisotopic (exact) mass is 286 g/mol.